The largest absolute Gasteiger partial charge is 0.324 e. The zero-order valence-electron chi connectivity index (χ0n) is 9.66. The fourth-order valence-electron chi connectivity index (χ4n) is 1.29. The number of hydrogen-bond acceptors (Lipinski definition) is 2. The minimum atomic E-state index is -0.106. The standard InChI is InChI=1S/C13H15BrN2O/c1-3-10(4-2)15-9-13(17)16-12-8-6-5-7-11(12)14/h1,5-8,10,15H,4,9H2,2H3,(H,16,17). The van der Waals surface area contributed by atoms with Gasteiger partial charge in [-0.3, -0.25) is 10.1 Å². The second-order valence-corrected chi connectivity index (χ2v) is 4.39. The number of carbonyl (C=O) groups is 1. The monoisotopic (exact) mass is 294 g/mol. The van der Waals surface area contributed by atoms with Gasteiger partial charge in [-0.1, -0.05) is 25.0 Å². The smallest absolute Gasteiger partial charge is 0.238 e. The van der Waals surface area contributed by atoms with Crippen LogP contribution in [0.25, 0.3) is 0 Å². The lowest BCUT2D eigenvalue weighted by molar-refractivity contribution is -0.115. The van der Waals surface area contributed by atoms with Crippen LogP contribution in [0.3, 0.4) is 0 Å². The summed E-state index contributed by atoms with van der Waals surface area (Å²) in [6.45, 7) is 2.19. The summed E-state index contributed by atoms with van der Waals surface area (Å²) < 4.78 is 0.859. The minimum absolute atomic E-state index is 0.0556. The fourth-order valence-corrected chi connectivity index (χ4v) is 1.68. The van der Waals surface area contributed by atoms with Crippen molar-refractivity contribution < 1.29 is 4.79 Å². The van der Waals surface area contributed by atoms with Crippen molar-refractivity contribution in [3.63, 3.8) is 0 Å². The maximum Gasteiger partial charge on any atom is 0.238 e. The first-order chi connectivity index (χ1) is 8.17. The Bertz CT molecular complexity index is 426. The van der Waals surface area contributed by atoms with Gasteiger partial charge in [0.1, 0.15) is 0 Å². The van der Waals surface area contributed by atoms with E-state index in [1.54, 1.807) is 0 Å². The quantitative estimate of drug-likeness (QED) is 0.819. The van der Waals surface area contributed by atoms with Crippen molar-refractivity contribution >= 4 is 27.5 Å². The maximum atomic E-state index is 11.6. The van der Waals surface area contributed by atoms with Gasteiger partial charge in [0.15, 0.2) is 0 Å². The second-order valence-electron chi connectivity index (χ2n) is 3.54. The topological polar surface area (TPSA) is 41.1 Å². The molecule has 1 unspecified atom stereocenters. The summed E-state index contributed by atoms with van der Waals surface area (Å²) in [7, 11) is 0. The number of nitrogens with one attached hydrogen (secondary N) is 2. The zero-order valence-corrected chi connectivity index (χ0v) is 11.3. The molecule has 90 valence electrons. The molecule has 0 saturated carbocycles. The molecule has 0 radical (unpaired) electrons. The average molecular weight is 295 g/mol. The summed E-state index contributed by atoms with van der Waals surface area (Å²) in [5, 5.41) is 5.79. The highest BCUT2D eigenvalue weighted by Gasteiger charge is 2.07. The van der Waals surface area contributed by atoms with E-state index in [9.17, 15) is 4.79 Å². The molecule has 0 heterocycles. The molecule has 1 amide bonds. The van der Waals surface area contributed by atoms with Crippen molar-refractivity contribution in [1.82, 2.24) is 5.32 Å². The van der Waals surface area contributed by atoms with Gasteiger partial charge < -0.3 is 5.32 Å². The Morgan fingerprint density at radius 2 is 2.24 bits per heavy atom. The molecule has 0 aromatic heterocycles. The van der Waals surface area contributed by atoms with Crippen LogP contribution in [-0.4, -0.2) is 18.5 Å². The third kappa shape index (κ3) is 4.59. The second kappa shape index (κ2) is 7.10. The van der Waals surface area contributed by atoms with Crippen LogP contribution < -0.4 is 10.6 Å². The molecule has 0 fully saturated rings. The van der Waals surface area contributed by atoms with Gasteiger partial charge in [-0.05, 0) is 34.5 Å². The van der Waals surface area contributed by atoms with Gasteiger partial charge in [-0.2, -0.15) is 0 Å². The SMILES string of the molecule is C#CC(CC)NCC(=O)Nc1ccccc1Br. The summed E-state index contributed by atoms with van der Waals surface area (Å²) >= 11 is 3.36. The van der Waals surface area contributed by atoms with Gasteiger partial charge in [0.2, 0.25) is 5.91 Å². The van der Waals surface area contributed by atoms with Crippen molar-refractivity contribution in [1.29, 1.82) is 0 Å². The molecule has 17 heavy (non-hydrogen) atoms. The molecule has 2 N–H and O–H groups in total. The van der Waals surface area contributed by atoms with Gasteiger partial charge in [-0.15, -0.1) is 6.42 Å². The number of benzene rings is 1. The highest BCUT2D eigenvalue weighted by molar-refractivity contribution is 9.10. The molecule has 0 aliphatic heterocycles. The van der Waals surface area contributed by atoms with E-state index in [4.69, 9.17) is 6.42 Å². The van der Waals surface area contributed by atoms with Crippen LogP contribution in [0.4, 0.5) is 5.69 Å². The van der Waals surface area contributed by atoms with E-state index in [2.05, 4.69) is 32.5 Å². The average Bonchev–Trinajstić information content (AvgIpc) is 2.33. The zero-order chi connectivity index (χ0) is 12.7. The first-order valence-corrected chi connectivity index (χ1v) is 6.20. The summed E-state index contributed by atoms with van der Waals surface area (Å²) in [6.07, 6.45) is 6.10. The lowest BCUT2D eigenvalue weighted by Crippen LogP contribution is -2.34. The molecule has 0 spiro atoms. The molecule has 3 nitrogen and oxygen atoms in total. The molecule has 0 saturated heterocycles. The van der Waals surface area contributed by atoms with Gasteiger partial charge in [-0.25, -0.2) is 0 Å². The van der Waals surface area contributed by atoms with Crippen molar-refractivity contribution in [3.8, 4) is 12.3 Å². The van der Waals surface area contributed by atoms with E-state index in [1.165, 1.54) is 0 Å². The Balaban J connectivity index is 2.46. The number of para-hydroxylation sites is 1. The molecule has 1 atom stereocenters. The summed E-state index contributed by atoms with van der Waals surface area (Å²) in [6, 6.07) is 7.41. The molecular formula is C13H15BrN2O. The normalized spacial score (nSPS) is 11.6. The predicted octanol–water partition coefficient (Wildman–Crippen LogP) is 2.39. The molecule has 4 heteroatoms. The lowest BCUT2D eigenvalue weighted by atomic mass is 10.2. The highest BCUT2D eigenvalue weighted by Crippen LogP contribution is 2.20. The van der Waals surface area contributed by atoms with Crippen LogP contribution in [0.2, 0.25) is 0 Å². The Hall–Kier alpha value is -1.31. The summed E-state index contributed by atoms with van der Waals surface area (Å²) in [5.41, 5.74) is 0.757. The fraction of sp³-hybridized carbons (Fsp3) is 0.308. The number of anilines is 1. The number of carbonyl (C=O) groups excluding carboxylic acids is 1. The predicted molar refractivity (Wildman–Crippen MR) is 73.7 cm³/mol. The Labute approximate surface area is 110 Å². The van der Waals surface area contributed by atoms with E-state index in [0.29, 0.717) is 0 Å². The van der Waals surface area contributed by atoms with E-state index < -0.39 is 0 Å². The highest BCUT2D eigenvalue weighted by atomic mass is 79.9. The Morgan fingerprint density at radius 1 is 1.53 bits per heavy atom. The minimum Gasteiger partial charge on any atom is -0.324 e. The first-order valence-electron chi connectivity index (χ1n) is 5.41. The molecule has 0 bridgehead atoms. The summed E-state index contributed by atoms with van der Waals surface area (Å²) in [4.78, 5) is 11.6. The summed E-state index contributed by atoms with van der Waals surface area (Å²) in [5.74, 6) is 2.48. The van der Waals surface area contributed by atoms with Crippen LogP contribution in [0.1, 0.15) is 13.3 Å². The molecule has 1 aromatic rings. The number of hydrogen-bond donors (Lipinski definition) is 2. The number of halogens is 1. The third-order valence-corrected chi connectivity index (χ3v) is 2.96. The number of amides is 1. The molecule has 0 aliphatic carbocycles. The van der Waals surface area contributed by atoms with Gasteiger partial charge in [0.05, 0.1) is 18.3 Å². The number of terminal acetylenes is 1. The van der Waals surface area contributed by atoms with Crippen molar-refractivity contribution in [2.24, 2.45) is 0 Å². The Kier molecular flexibility index (Phi) is 5.75. The third-order valence-electron chi connectivity index (χ3n) is 2.27. The molecular weight excluding hydrogens is 280 g/mol. The van der Waals surface area contributed by atoms with E-state index in [1.807, 2.05) is 31.2 Å². The molecule has 1 rings (SSSR count). The Morgan fingerprint density at radius 3 is 2.82 bits per heavy atom. The lowest BCUT2D eigenvalue weighted by Gasteiger charge is -2.11. The van der Waals surface area contributed by atoms with E-state index >= 15 is 0 Å². The number of rotatable bonds is 5. The van der Waals surface area contributed by atoms with Gasteiger partial charge in [0, 0.05) is 4.47 Å². The van der Waals surface area contributed by atoms with Crippen molar-refractivity contribution in [2.45, 2.75) is 19.4 Å². The molecule has 1 aromatic carbocycles. The van der Waals surface area contributed by atoms with Crippen LogP contribution in [0.15, 0.2) is 28.7 Å². The first kappa shape index (κ1) is 13.8. The van der Waals surface area contributed by atoms with E-state index in [-0.39, 0.29) is 18.5 Å². The van der Waals surface area contributed by atoms with Crippen LogP contribution in [0, 0.1) is 12.3 Å². The van der Waals surface area contributed by atoms with Crippen LogP contribution in [0.5, 0.6) is 0 Å². The van der Waals surface area contributed by atoms with Crippen molar-refractivity contribution in [2.75, 3.05) is 11.9 Å². The van der Waals surface area contributed by atoms with Crippen LogP contribution in [-0.2, 0) is 4.79 Å². The van der Waals surface area contributed by atoms with Crippen LogP contribution >= 0.6 is 15.9 Å². The van der Waals surface area contributed by atoms with Gasteiger partial charge >= 0.3 is 0 Å². The van der Waals surface area contributed by atoms with E-state index in [0.717, 1.165) is 16.6 Å². The van der Waals surface area contributed by atoms with Crippen molar-refractivity contribution in [3.05, 3.63) is 28.7 Å². The van der Waals surface area contributed by atoms with Gasteiger partial charge in [0.25, 0.3) is 0 Å². The maximum absolute atomic E-state index is 11.6. The molecule has 0 aliphatic rings.